The Bertz CT molecular complexity index is 268. The van der Waals surface area contributed by atoms with Crippen LogP contribution in [-0.4, -0.2) is 62.0 Å². The number of carboxylic acid groups (broad SMARTS) is 1. The highest BCUT2D eigenvalue weighted by molar-refractivity contribution is 5.74. The molecule has 0 radical (unpaired) electrons. The molecule has 5 heteroatoms. The van der Waals surface area contributed by atoms with Crippen molar-refractivity contribution in [3.05, 3.63) is 0 Å². The van der Waals surface area contributed by atoms with Gasteiger partial charge in [-0.25, -0.2) is 0 Å². The lowest BCUT2D eigenvalue weighted by molar-refractivity contribution is -0.151. The molecule has 1 atom stereocenters. The van der Waals surface area contributed by atoms with Gasteiger partial charge in [0.05, 0.1) is 19.8 Å². The lowest BCUT2D eigenvalue weighted by Gasteiger charge is -2.44. The van der Waals surface area contributed by atoms with Gasteiger partial charge in [-0.3, -0.25) is 9.69 Å². The minimum absolute atomic E-state index is 0.170. The van der Waals surface area contributed by atoms with Crippen LogP contribution < -0.4 is 0 Å². The molecule has 1 fully saturated rings. The molecule has 1 aliphatic rings. The maximum absolute atomic E-state index is 11.4. The molecule has 1 N–H and O–H groups in total. The van der Waals surface area contributed by atoms with Gasteiger partial charge in [0.1, 0.15) is 6.04 Å². The van der Waals surface area contributed by atoms with Crippen molar-refractivity contribution >= 4 is 5.97 Å². The quantitative estimate of drug-likeness (QED) is 0.697. The van der Waals surface area contributed by atoms with E-state index >= 15 is 0 Å². The van der Waals surface area contributed by atoms with Gasteiger partial charge < -0.3 is 14.6 Å². The molecule has 18 heavy (non-hydrogen) atoms. The molecule has 0 amide bonds. The number of hydrogen-bond acceptors (Lipinski definition) is 4. The van der Waals surface area contributed by atoms with Gasteiger partial charge in [-0.05, 0) is 24.8 Å². The zero-order valence-electron chi connectivity index (χ0n) is 11.6. The summed E-state index contributed by atoms with van der Waals surface area (Å²) in [5, 5.41) is 9.38. The first-order chi connectivity index (χ1) is 8.49. The van der Waals surface area contributed by atoms with Gasteiger partial charge in [-0.1, -0.05) is 13.8 Å². The first kappa shape index (κ1) is 15.4. The van der Waals surface area contributed by atoms with Crippen LogP contribution >= 0.6 is 0 Å². The van der Waals surface area contributed by atoms with Gasteiger partial charge in [0.2, 0.25) is 0 Å². The number of carbonyl (C=O) groups is 1. The second-order valence-corrected chi connectivity index (χ2v) is 5.47. The van der Waals surface area contributed by atoms with Gasteiger partial charge >= 0.3 is 5.97 Å². The second kappa shape index (κ2) is 7.07. The van der Waals surface area contributed by atoms with E-state index in [1.165, 1.54) is 0 Å². The number of aliphatic carboxylic acids is 1. The van der Waals surface area contributed by atoms with Crippen molar-refractivity contribution in [3.8, 4) is 0 Å². The molecule has 0 aliphatic carbocycles. The molecular formula is C13H25NO4. The number of rotatable bonds is 7. The predicted molar refractivity (Wildman–Crippen MR) is 68.7 cm³/mol. The van der Waals surface area contributed by atoms with Gasteiger partial charge in [0, 0.05) is 13.7 Å². The number of piperidine rings is 1. The minimum Gasteiger partial charge on any atom is -0.480 e. The van der Waals surface area contributed by atoms with Crippen LogP contribution in [0.4, 0.5) is 0 Å². The molecule has 1 unspecified atom stereocenters. The Labute approximate surface area is 109 Å². The second-order valence-electron chi connectivity index (χ2n) is 5.47. The standard InChI is InChI=1S/C13H25NO4/c1-13(2)5-4-6-14(11(13)12(15)16)7-8-18-10-9-17-3/h11H,4-10H2,1-3H3,(H,15,16). The van der Waals surface area contributed by atoms with Crippen LogP contribution in [0.25, 0.3) is 0 Å². The van der Waals surface area contributed by atoms with Crippen molar-refractivity contribution in [2.45, 2.75) is 32.7 Å². The Hall–Kier alpha value is -0.650. The summed E-state index contributed by atoms with van der Waals surface area (Å²) in [5.74, 6) is -0.725. The van der Waals surface area contributed by atoms with E-state index in [4.69, 9.17) is 9.47 Å². The molecule has 1 aliphatic heterocycles. The molecule has 106 valence electrons. The smallest absolute Gasteiger partial charge is 0.321 e. The van der Waals surface area contributed by atoms with Crippen LogP contribution in [0.2, 0.25) is 0 Å². The maximum atomic E-state index is 11.4. The number of hydrogen-bond donors (Lipinski definition) is 1. The summed E-state index contributed by atoms with van der Waals surface area (Å²) in [6, 6.07) is -0.405. The van der Waals surface area contributed by atoms with E-state index in [9.17, 15) is 9.90 Å². The third-order valence-corrected chi connectivity index (χ3v) is 3.56. The highest BCUT2D eigenvalue weighted by Crippen LogP contribution is 2.35. The van der Waals surface area contributed by atoms with Crippen LogP contribution in [0.15, 0.2) is 0 Å². The third-order valence-electron chi connectivity index (χ3n) is 3.56. The summed E-state index contributed by atoms with van der Waals surface area (Å²) in [6.45, 7) is 7.27. The zero-order valence-corrected chi connectivity index (χ0v) is 11.6. The molecule has 0 spiro atoms. The molecule has 1 rings (SSSR count). The van der Waals surface area contributed by atoms with Crippen LogP contribution in [0.3, 0.4) is 0 Å². The van der Waals surface area contributed by atoms with Crippen molar-refractivity contribution in [1.29, 1.82) is 0 Å². The Morgan fingerprint density at radius 1 is 1.39 bits per heavy atom. The Kier molecular flexibility index (Phi) is 6.05. The van der Waals surface area contributed by atoms with Crippen molar-refractivity contribution in [2.75, 3.05) is 40.0 Å². The number of nitrogens with zero attached hydrogens (tertiary/aromatic N) is 1. The average molecular weight is 259 g/mol. The topological polar surface area (TPSA) is 59.0 Å². The van der Waals surface area contributed by atoms with Crippen LogP contribution in [0.5, 0.6) is 0 Å². The molecule has 5 nitrogen and oxygen atoms in total. The van der Waals surface area contributed by atoms with Crippen LogP contribution in [0.1, 0.15) is 26.7 Å². The van der Waals surface area contributed by atoms with E-state index in [0.29, 0.717) is 26.4 Å². The third kappa shape index (κ3) is 4.23. The molecule has 0 aromatic rings. The first-order valence-electron chi connectivity index (χ1n) is 6.52. The largest absolute Gasteiger partial charge is 0.480 e. The van der Waals surface area contributed by atoms with Gasteiger partial charge in [-0.2, -0.15) is 0 Å². The summed E-state index contributed by atoms with van der Waals surface area (Å²) in [4.78, 5) is 13.4. The summed E-state index contributed by atoms with van der Waals surface area (Å²) < 4.78 is 10.3. The Morgan fingerprint density at radius 2 is 2.11 bits per heavy atom. The van der Waals surface area contributed by atoms with Crippen molar-refractivity contribution in [1.82, 2.24) is 4.90 Å². The fourth-order valence-corrected chi connectivity index (χ4v) is 2.66. The van der Waals surface area contributed by atoms with Gasteiger partial charge in [-0.15, -0.1) is 0 Å². The Morgan fingerprint density at radius 3 is 2.72 bits per heavy atom. The lowest BCUT2D eigenvalue weighted by atomic mass is 9.76. The van der Waals surface area contributed by atoms with E-state index in [1.807, 2.05) is 18.7 Å². The lowest BCUT2D eigenvalue weighted by Crippen LogP contribution is -2.55. The fourth-order valence-electron chi connectivity index (χ4n) is 2.66. The molecule has 1 saturated heterocycles. The van der Waals surface area contributed by atoms with E-state index < -0.39 is 12.0 Å². The number of likely N-dealkylation sites (tertiary alicyclic amines) is 1. The molecular weight excluding hydrogens is 234 g/mol. The highest BCUT2D eigenvalue weighted by atomic mass is 16.5. The normalized spacial score (nSPS) is 24.1. The SMILES string of the molecule is COCCOCCN1CCCC(C)(C)C1C(=O)O. The fraction of sp³-hybridized carbons (Fsp3) is 0.923. The van der Waals surface area contributed by atoms with Gasteiger partial charge in [0.15, 0.2) is 0 Å². The molecule has 0 saturated carbocycles. The zero-order chi connectivity index (χ0) is 13.6. The van der Waals surface area contributed by atoms with Crippen LogP contribution in [-0.2, 0) is 14.3 Å². The summed E-state index contributed by atoms with van der Waals surface area (Å²) in [5.41, 5.74) is -0.170. The molecule has 0 aromatic heterocycles. The van der Waals surface area contributed by atoms with Crippen LogP contribution in [0, 0.1) is 5.41 Å². The van der Waals surface area contributed by atoms with Crippen molar-refractivity contribution in [2.24, 2.45) is 5.41 Å². The highest BCUT2D eigenvalue weighted by Gasteiger charge is 2.42. The average Bonchev–Trinajstić information content (AvgIpc) is 2.27. The molecule has 0 aromatic carbocycles. The van der Waals surface area contributed by atoms with E-state index in [0.717, 1.165) is 19.4 Å². The number of methoxy groups -OCH3 is 1. The Balaban J connectivity index is 2.44. The van der Waals surface area contributed by atoms with Crippen molar-refractivity contribution < 1.29 is 19.4 Å². The molecule has 0 bridgehead atoms. The summed E-state index contributed by atoms with van der Waals surface area (Å²) in [7, 11) is 1.64. The van der Waals surface area contributed by atoms with Crippen molar-refractivity contribution in [3.63, 3.8) is 0 Å². The minimum atomic E-state index is -0.725. The van der Waals surface area contributed by atoms with E-state index in [-0.39, 0.29) is 5.41 Å². The summed E-state index contributed by atoms with van der Waals surface area (Å²) in [6.07, 6.45) is 2.01. The monoisotopic (exact) mass is 259 g/mol. The number of carboxylic acids is 1. The number of ether oxygens (including phenoxy) is 2. The van der Waals surface area contributed by atoms with E-state index in [1.54, 1.807) is 7.11 Å². The first-order valence-corrected chi connectivity index (χ1v) is 6.52. The van der Waals surface area contributed by atoms with E-state index in [2.05, 4.69) is 0 Å². The van der Waals surface area contributed by atoms with Gasteiger partial charge in [0.25, 0.3) is 0 Å². The maximum Gasteiger partial charge on any atom is 0.321 e. The molecule has 1 heterocycles. The summed E-state index contributed by atoms with van der Waals surface area (Å²) >= 11 is 0. The predicted octanol–water partition coefficient (Wildman–Crippen LogP) is 1.22.